The first-order valence-corrected chi connectivity index (χ1v) is 4.82. The Morgan fingerprint density at radius 2 is 1.83 bits per heavy atom. The van der Waals surface area contributed by atoms with Gasteiger partial charge >= 0.3 is 0 Å². The first-order valence-electron chi connectivity index (χ1n) is 4.82. The fraction of sp³-hybridized carbons (Fsp3) is 1.00. The van der Waals surface area contributed by atoms with Crippen LogP contribution >= 0.6 is 0 Å². The van der Waals surface area contributed by atoms with Gasteiger partial charge in [-0.2, -0.15) is 0 Å². The van der Waals surface area contributed by atoms with Crippen LogP contribution in [0, 0.1) is 11.3 Å². The summed E-state index contributed by atoms with van der Waals surface area (Å²) in [4.78, 5) is 0. The van der Waals surface area contributed by atoms with Gasteiger partial charge in [-0.25, -0.2) is 0 Å². The highest BCUT2D eigenvalue weighted by Crippen LogP contribution is 2.31. The maximum absolute atomic E-state index is 5.87. The van der Waals surface area contributed by atoms with E-state index in [-0.39, 0.29) is 6.04 Å². The Labute approximate surface area is 76.9 Å². The number of rotatable bonds is 5. The summed E-state index contributed by atoms with van der Waals surface area (Å²) in [7, 11) is 1.99. The first kappa shape index (κ1) is 11.9. The summed E-state index contributed by atoms with van der Waals surface area (Å²) in [6.07, 6.45) is 1.19. The molecule has 0 saturated carbocycles. The second-order valence-corrected chi connectivity index (χ2v) is 4.49. The van der Waals surface area contributed by atoms with Crippen molar-refractivity contribution in [3.63, 3.8) is 0 Å². The highest BCUT2D eigenvalue weighted by Gasteiger charge is 2.27. The Hall–Kier alpha value is -0.0800. The Balaban J connectivity index is 3.99. The van der Waals surface area contributed by atoms with Crippen LogP contribution in [0.1, 0.15) is 34.1 Å². The van der Waals surface area contributed by atoms with E-state index in [1.807, 2.05) is 7.05 Å². The molecule has 0 unspecified atom stereocenters. The maximum atomic E-state index is 5.87. The predicted octanol–water partition coefficient (Wildman–Crippen LogP) is 1.61. The highest BCUT2D eigenvalue weighted by atomic mass is 14.8. The van der Waals surface area contributed by atoms with Gasteiger partial charge in [0.1, 0.15) is 0 Å². The zero-order valence-electron chi connectivity index (χ0n) is 9.15. The number of hydrogen-bond donors (Lipinski definition) is 2. The summed E-state index contributed by atoms with van der Waals surface area (Å²) < 4.78 is 0. The molecular weight excluding hydrogens is 148 g/mol. The molecule has 0 aliphatic carbocycles. The molecule has 0 bridgehead atoms. The number of hydrogen-bond acceptors (Lipinski definition) is 2. The smallest absolute Gasteiger partial charge is 0.00412 e. The minimum absolute atomic E-state index is 0.289. The van der Waals surface area contributed by atoms with E-state index in [9.17, 15) is 0 Å². The highest BCUT2D eigenvalue weighted by molar-refractivity contribution is 4.80. The lowest BCUT2D eigenvalue weighted by molar-refractivity contribution is 0.187. The molecule has 0 aromatic heterocycles. The van der Waals surface area contributed by atoms with E-state index in [0.29, 0.717) is 11.3 Å². The van der Waals surface area contributed by atoms with Crippen LogP contribution in [0.25, 0.3) is 0 Å². The topological polar surface area (TPSA) is 38.0 Å². The van der Waals surface area contributed by atoms with E-state index in [4.69, 9.17) is 5.73 Å². The predicted molar refractivity (Wildman–Crippen MR) is 55.1 cm³/mol. The van der Waals surface area contributed by atoms with Crippen LogP contribution in [0.4, 0.5) is 0 Å². The lowest BCUT2D eigenvalue weighted by atomic mass is 9.74. The molecule has 0 rings (SSSR count). The Morgan fingerprint density at radius 3 is 2.17 bits per heavy atom. The van der Waals surface area contributed by atoms with Crippen LogP contribution in [0.2, 0.25) is 0 Å². The van der Waals surface area contributed by atoms with Crippen molar-refractivity contribution < 1.29 is 0 Å². The van der Waals surface area contributed by atoms with Crippen LogP contribution in [0.3, 0.4) is 0 Å². The zero-order valence-corrected chi connectivity index (χ0v) is 9.15. The van der Waals surface area contributed by atoms with Gasteiger partial charge in [0.25, 0.3) is 0 Å². The monoisotopic (exact) mass is 172 g/mol. The van der Waals surface area contributed by atoms with Crippen molar-refractivity contribution in [3.05, 3.63) is 0 Å². The van der Waals surface area contributed by atoms with Crippen LogP contribution in [0.15, 0.2) is 0 Å². The maximum Gasteiger partial charge on any atom is 0.00412 e. The van der Waals surface area contributed by atoms with Gasteiger partial charge < -0.3 is 11.1 Å². The van der Waals surface area contributed by atoms with Crippen molar-refractivity contribution in [3.8, 4) is 0 Å². The fourth-order valence-corrected chi connectivity index (χ4v) is 1.39. The summed E-state index contributed by atoms with van der Waals surface area (Å²) in [6.45, 7) is 9.98. The van der Waals surface area contributed by atoms with Gasteiger partial charge in [-0.05, 0) is 38.3 Å². The van der Waals surface area contributed by atoms with Gasteiger partial charge in [-0.3, -0.25) is 0 Å². The third-order valence-corrected chi connectivity index (χ3v) is 3.04. The molecule has 2 nitrogen and oxygen atoms in total. The first-order chi connectivity index (χ1) is 5.41. The van der Waals surface area contributed by atoms with Crippen molar-refractivity contribution >= 4 is 0 Å². The van der Waals surface area contributed by atoms with E-state index in [2.05, 4.69) is 33.0 Å². The van der Waals surface area contributed by atoms with E-state index in [0.717, 1.165) is 6.54 Å². The molecule has 2 heteroatoms. The molecule has 3 N–H and O–H groups in total. The summed E-state index contributed by atoms with van der Waals surface area (Å²) >= 11 is 0. The molecular formula is C10H24N2. The van der Waals surface area contributed by atoms with Crippen molar-refractivity contribution in [2.24, 2.45) is 17.1 Å². The van der Waals surface area contributed by atoms with Crippen molar-refractivity contribution in [1.29, 1.82) is 0 Å². The van der Waals surface area contributed by atoms with Crippen molar-refractivity contribution in [2.75, 3.05) is 13.6 Å². The van der Waals surface area contributed by atoms with Crippen molar-refractivity contribution in [2.45, 2.75) is 40.2 Å². The molecule has 0 spiro atoms. The van der Waals surface area contributed by atoms with Gasteiger partial charge in [0.05, 0.1) is 0 Å². The molecule has 2 atom stereocenters. The van der Waals surface area contributed by atoms with Crippen LogP contribution < -0.4 is 11.1 Å². The summed E-state index contributed by atoms with van der Waals surface area (Å²) in [5.74, 6) is 0.575. The zero-order chi connectivity index (χ0) is 9.78. The molecule has 74 valence electrons. The molecule has 0 aromatic carbocycles. The van der Waals surface area contributed by atoms with Crippen LogP contribution in [-0.4, -0.2) is 19.6 Å². The van der Waals surface area contributed by atoms with E-state index in [1.54, 1.807) is 0 Å². The largest absolute Gasteiger partial charge is 0.328 e. The minimum Gasteiger partial charge on any atom is -0.328 e. The quantitative estimate of drug-likeness (QED) is 0.661. The average molecular weight is 172 g/mol. The Morgan fingerprint density at radius 1 is 1.33 bits per heavy atom. The van der Waals surface area contributed by atoms with Crippen molar-refractivity contribution in [1.82, 2.24) is 5.32 Å². The van der Waals surface area contributed by atoms with Gasteiger partial charge in [0, 0.05) is 6.04 Å². The number of nitrogens with two attached hydrogens (primary N) is 1. The normalized spacial score (nSPS) is 17.5. The molecule has 0 fully saturated rings. The molecule has 0 heterocycles. The molecule has 0 aliphatic rings. The third-order valence-electron chi connectivity index (χ3n) is 3.04. The Kier molecular flexibility index (Phi) is 4.80. The van der Waals surface area contributed by atoms with Gasteiger partial charge in [0.15, 0.2) is 0 Å². The summed E-state index contributed by atoms with van der Waals surface area (Å²) in [5.41, 5.74) is 6.22. The lowest BCUT2D eigenvalue weighted by Crippen LogP contribution is -2.37. The third kappa shape index (κ3) is 3.55. The lowest BCUT2D eigenvalue weighted by Gasteiger charge is -2.34. The molecule has 0 radical (unpaired) electrons. The second-order valence-electron chi connectivity index (χ2n) is 4.49. The van der Waals surface area contributed by atoms with Crippen LogP contribution in [0.5, 0.6) is 0 Å². The summed E-state index contributed by atoms with van der Waals surface area (Å²) in [5, 5.41) is 3.18. The molecule has 0 amide bonds. The van der Waals surface area contributed by atoms with Crippen LogP contribution in [-0.2, 0) is 0 Å². The van der Waals surface area contributed by atoms with E-state index < -0.39 is 0 Å². The second kappa shape index (κ2) is 4.83. The summed E-state index contributed by atoms with van der Waals surface area (Å²) in [6, 6.07) is 0.289. The van der Waals surface area contributed by atoms with E-state index in [1.165, 1.54) is 6.42 Å². The molecule has 0 aliphatic heterocycles. The standard InChI is InChI=1S/C10H24N2/c1-8(9(2)11)10(3,4)6-7-12-5/h8-9,12H,6-7,11H2,1-5H3/t8-,9-/m1/s1. The molecule has 12 heavy (non-hydrogen) atoms. The minimum atomic E-state index is 0.289. The SMILES string of the molecule is CNCCC(C)(C)[C@H](C)[C@@H](C)N. The van der Waals surface area contributed by atoms with Gasteiger partial charge in [-0.1, -0.05) is 20.8 Å². The van der Waals surface area contributed by atoms with Gasteiger partial charge in [-0.15, -0.1) is 0 Å². The number of nitrogens with one attached hydrogen (secondary N) is 1. The fourth-order valence-electron chi connectivity index (χ4n) is 1.39. The van der Waals surface area contributed by atoms with Gasteiger partial charge in [0.2, 0.25) is 0 Å². The average Bonchev–Trinajstić information content (AvgIpc) is 1.99. The Bertz CT molecular complexity index is 119. The molecule has 0 aromatic rings. The molecule has 0 saturated heterocycles. The van der Waals surface area contributed by atoms with E-state index >= 15 is 0 Å².